The van der Waals surface area contributed by atoms with Gasteiger partial charge in [-0.3, -0.25) is 9.48 Å². The molecule has 0 aliphatic heterocycles. The number of carbonyl (C=O) groups excluding carboxylic acids is 1. The predicted octanol–water partition coefficient (Wildman–Crippen LogP) is 3.18. The first-order valence-electron chi connectivity index (χ1n) is 8.60. The van der Waals surface area contributed by atoms with Crippen LogP contribution >= 0.6 is 0 Å². The van der Waals surface area contributed by atoms with Crippen molar-refractivity contribution in [1.82, 2.24) is 14.7 Å². The molecule has 1 amide bonds. The number of nitrogen functional groups attached to an aromatic ring is 1. The molecule has 0 unspecified atom stereocenters. The van der Waals surface area contributed by atoms with Crippen molar-refractivity contribution in [2.45, 2.75) is 40.2 Å². The molecule has 2 rings (SSSR count). The van der Waals surface area contributed by atoms with Crippen LogP contribution in [0.1, 0.15) is 42.4 Å². The van der Waals surface area contributed by atoms with Crippen LogP contribution in [0.15, 0.2) is 24.3 Å². The molecule has 1 atom stereocenters. The molecule has 136 valence electrons. The number of anilines is 1. The van der Waals surface area contributed by atoms with E-state index in [1.165, 1.54) is 16.8 Å². The smallest absolute Gasteiger partial charge is 0.259 e. The van der Waals surface area contributed by atoms with E-state index in [0.29, 0.717) is 30.0 Å². The van der Waals surface area contributed by atoms with Crippen LogP contribution in [-0.2, 0) is 13.5 Å². The summed E-state index contributed by atoms with van der Waals surface area (Å²) in [7, 11) is 1.73. The van der Waals surface area contributed by atoms with E-state index in [9.17, 15) is 9.18 Å². The van der Waals surface area contributed by atoms with Crippen molar-refractivity contribution in [2.24, 2.45) is 13.0 Å². The average Bonchev–Trinajstić information content (AvgIpc) is 2.81. The van der Waals surface area contributed by atoms with Crippen LogP contribution in [0.5, 0.6) is 0 Å². The molecule has 6 heteroatoms. The number of likely N-dealkylation sites (N-methyl/N-ethyl adjacent to an activating group) is 1. The fourth-order valence-electron chi connectivity index (χ4n) is 3.18. The lowest BCUT2D eigenvalue weighted by Crippen LogP contribution is -2.44. The number of amides is 1. The molecular weight excluding hydrogens is 319 g/mol. The van der Waals surface area contributed by atoms with Crippen molar-refractivity contribution in [3.8, 4) is 0 Å². The highest BCUT2D eigenvalue weighted by molar-refractivity contribution is 5.99. The summed E-state index contributed by atoms with van der Waals surface area (Å²) in [5, 5.41) is 4.25. The summed E-state index contributed by atoms with van der Waals surface area (Å²) in [5.74, 6) is 0.260. The topological polar surface area (TPSA) is 64.2 Å². The Morgan fingerprint density at radius 1 is 1.32 bits per heavy atom. The minimum atomic E-state index is -0.257. The number of hydrogen-bond donors (Lipinski definition) is 1. The summed E-state index contributed by atoms with van der Waals surface area (Å²) in [5.41, 5.74) is 8.15. The highest BCUT2D eigenvalue weighted by Crippen LogP contribution is 2.23. The number of aryl methyl sites for hydroxylation is 2. The monoisotopic (exact) mass is 346 g/mol. The van der Waals surface area contributed by atoms with Crippen molar-refractivity contribution in [3.05, 3.63) is 46.9 Å². The molecule has 1 aromatic carbocycles. The number of carbonyl (C=O) groups is 1. The molecule has 0 saturated heterocycles. The summed E-state index contributed by atoms with van der Waals surface area (Å²) >= 11 is 0. The van der Waals surface area contributed by atoms with E-state index >= 15 is 0 Å². The van der Waals surface area contributed by atoms with E-state index in [2.05, 4.69) is 18.9 Å². The lowest BCUT2D eigenvalue weighted by Gasteiger charge is -2.34. The van der Waals surface area contributed by atoms with Gasteiger partial charge >= 0.3 is 0 Å². The Morgan fingerprint density at radius 3 is 2.36 bits per heavy atom. The number of nitrogens with zero attached hydrogens (tertiary/aromatic N) is 3. The van der Waals surface area contributed by atoms with Crippen molar-refractivity contribution < 1.29 is 9.18 Å². The van der Waals surface area contributed by atoms with Crippen molar-refractivity contribution in [2.75, 3.05) is 12.3 Å². The zero-order chi connectivity index (χ0) is 18.7. The third-order valence-corrected chi connectivity index (χ3v) is 4.61. The van der Waals surface area contributed by atoms with Crippen LogP contribution < -0.4 is 5.73 Å². The van der Waals surface area contributed by atoms with Gasteiger partial charge in [0.2, 0.25) is 0 Å². The lowest BCUT2D eigenvalue weighted by atomic mass is 9.94. The van der Waals surface area contributed by atoms with Crippen LogP contribution in [-0.4, -0.2) is 33.2 Å². The summed E-state index contributed by atoms with van der Waals surface area (Å²) in [6.07, 6.45) is 0.663. The minimum Gasteiger partial charge on any atom is -0.383 e. The maximum atomic E-state index is 13.2. The number of nitrogens with two attached hydrogens (primary N) is 1. The lowest BCUT2D eigenvalue weighted by molar-refractivity contribution is 0.0639. The molecule has 2 N–H and O–H groups in total. The van der Waals surface area contributed by atoms with Gasteiger partial charge in [-0.05, 0) is 43.9 Å². The zero-order valence-corrected chi connectivity index (χ0v) is 15.6. The second-order valence-corrected chi connectivity index (χ2v) is 6.70. The second-order valence-electron chi connectivity index (χ2n) is 6.70. The third-order valence-electron chi connectivity index (χ3n) is 4.61. The largest absolute Gasteiger partial charge is 0.383 e. The van der Waals surface area contributed by atoms with E-state index < -0.39 is 0 Å². The molecule has 0 fully saturated rings. The molecule has 25 heavy (non-hydrogen) atoms. The third kappa shape index (κ3) is 4.00. The van der Waals surface area contributed by atoms with E-state index in [1.807, 2.05) is 11.8 Å². The van der Waals surface area contributed by atoms with E-state index in [-0.39, 0.29) is 23.7 Å². The zero-order valence-electron chi connectivity index (χ0n) is 15.6. The Kier molecular flexibility index (Phi) is 5.82. The van der Waals surface area contributed by atoms with Crippen LogP contribution in [0.4, 0.5) is 10.2 Å². The minimum absolute atomic E-state index is 0.0121. The van der Waals surface area contributed by atoms with Gasteiger partial charge in [-0.25, -0.2) is 4.39 Å². The number of benzene rings is 1. The highest BCUT2D eigenvalue weighted by atomic mass is 19.1. The van der Waals surface area contributed by atoms with E-state index in [1.54, 1.807) is 26.1 Å². The van der Waals surface area contributed by atoms with E-state index in [4.69, 9.17) is 5.73 Å². The van der Waals surface area contributed by atoms with Gasteiger partial charge < -0.3 is 10.6 Å². The highest BCUT2D eigenvalue weighted by Gasteiger charge is 2.30. The molecule has 0 bridgehead atoms. The molecular formula is C19H27FN4O. The molecule has 2 aromatic rings. The van der Waals surface area contributed by atoms with E-state index in [0.717, 1.165) is 5.56 Å². The summed E-state index contributed by atoms with van der Waals surface area (Å²) in [6, 6.07) is 6.43. The quantitative estimate of drug-likeness (QED) is 0.874. The predicted molar refractivity (Wildman–Crippen MR) is 97.8 cm³/mol. The Hall–Kier alpha value is -2.37. The number of rotatable bonds is 6. The fraction of sp³-hybridized carbons (Fsp3) is 0.474. The maximum absolute atomic E-state index is 13.2. The standard InChI is InChI=1S/C19H27FN4O/c1-6-24(19(25)17-13(4)22-23(5)18(17)21)16(12(2)3)11-14-7-9-15(20)10-8-14/h7-10,12,16H,6,11,21H2,1-5H3/t16-/m1/s1. The Bertz CT molecular complexity index is 737. The SMILES string of the molecule is CCN(C(=O)c1c(C)nn(C)c1N)[C@H](Cc1ccc(F)cc1)C(C)C. The molecule has 0 aliphatic carbocycles. The number of aromatic nitrogens is 2. The second kappa shape index (κ2) is 7.68. The van der Waals surface area contributed by atoms with Gasteiger partial charge in [0, 0.05) is 19.6 Å². The van der Waals surface area contributed by atoms with Gasteiger partial charge in [0.1, 0.15) is 17.2 Å². The first kappa shape index (κ1) is 19.0. The number of halogens is 1. The molecule has 1 heterocycles. The molecule has 0 saturated carbocycles. The first-order valence-corrected chi connectivity index (χ1v) is 8.60. The normalized spacial score (nSPS) is 12.4. The summed E-state index contributed by atoms with van der Waals surface area (Å²) in [6.45, 7) is 8.49. The molecule has 5 nitrogen and oxygen atoms in total. The molecule has 0 aliphatic rings. The summed E-state index contributed by atoms with van der Waals surface area (Å²) < 4.78 is 14.7. The van der Waals surface area contributed by atoms with Crippen molar-refractivity contribution in [3.63, 3.8) is 0 Å². The van der Waals surface area contributed by atoms with Crippen LogP contribution in [0, 0.1) is 18.7 Å². The molecule has 0 spiro atoms. The summed E-state index contributed by atoms with van der Waals surface area (Å²) in [4.78, 5) is 15.0. The fourth-order valence-corrected chi connectivity index (χ4v) is 3.18. The van der Waals surface area contributed by atoms with Gasteiger partial charge in [0.05, 0.1) is 5.69 Å². The van der Waals surface area contributed by atoms with Crippen LogP contribution in [0.25, 0.3) is 0 Å². The van der Waals surface area contributed by atoms with Crippen molar-refractivity contribution >= 4 is 11.7 Å². The van der Waals surface area contributed by atoms with Crippen molar-refractivity contribution in [1.29, 1.82) is 0 Å². The van der Waals surface area contributed by atoms with Gasteiger partial charge in [-0.2, -0.15) is 5.10 Å². The maximum Gasteiger partial charge on any atom is 0.259 e. The van der Waals surface area contributed by atoms with Gasteiger partial charge in [0.15, 0.2) is 0 Å². The van der Waals surface area contributed by atoms with Gasteiger partial charge in [-0.1, -0.05) is 26.0 Å². The van der Waals surface area contributed by atoms with Gasteiger partial charge in [-0.15, -0.1) is 0 Å². The average molecular weight is 346 g/mol. The Labute approximate surface area is 148 Å². The Morgan fingerprint density at radius 2 is 1.92 bits per heavy atom. The number of hydrogen-bond acceptors (Lipinski definition) is 3. The van der Waals surface area contributed by atoms with Gasteiger partial charge in [0.25, 0.3) is 5.91 Å². The van der Waals surface area contributed by atoms with Crippen LogP contribution in [0.2, 0.25) is 0 Å². The first-order chi connectivity index (χ1) is 11.8. The molecule has 1 aromatic heterocycles. The Balaban J connectivity index is 2.33. The molecule has 0 radical (unpaired) electrons. The van der Waals surface area contributed by atoms with Crippen LogP contribution in [0.3, 0.4) is 0 Å².